The Balaban J connectivity index is 1.35. The number of nitrogens with zero attached hydrogens (tertiary/aromatic N) is 6. The first-order valence-corrected chi connectivity index (χ1v) is 13.9. The highest BCUT2D eigenvalue weighted by atomic mass is 15.3. The molecule has 0 N–H and O–H groups in total. The molecule has 0 bridgehead atoms. The van der Waals surface area contributed by atoms with Gasteiger partial charge in [-0.1, -0.05) is 109 Å². The fourth-order valence-electron chi connectivity index (χ4n) is 5.28. The first-order valence-electron chi connectivity index (χ1n) is 13.9. The molecule has 0 radical (unpaired) electrons. The van der Waals surface area contributed by atoms with Crippen LogP contribution in [-0.4, -0.2) is 31.6 Å². The van der Waals surface area contributed by atoms with E-state index in [1.54, 1.807) is 0 Å². The van der Waals surface area contributed by atoms with Crippen LogP contribution < -0.4 is 4.90 Å². The van der Waals surface area contributed by atoms with E-state index in [1.807, 2.05) is 98.0 Å². The van der Waals surface area contributed by atoms with Crippen LogP contribution in [0.5, 0.6) is 0 Å². The zero-order chi connectivity index (χ0) is 28.5. The molecule has 0 saturated heterocycles. The summed E-state index contributed by atoms with van der Waals surface area (Å²) >= 11 is 0. The summed E-state index contributed by atoms with van der Waals surface area (Å²) in [6, 6.07) is 45.1. The first-order chi connectivity index (χ1) is 20.7. The van der Waals surface area contributed by atoms with Crippen LogP contribution in [0.15, 0.2) is 133 Å². The lowest BCUT2D eigenvalue weighted by Crippen LogP contribution is -2.13. The van der Waals surface area contributed by atoms with Gasteiger partial charge < -0.3 is 9.47 Å². The normalized spacial score (nSPS) is 11.1. The molecule has 0 fully saturated rings. The lowest BCUT2D eigenvalue weighted by molar-refractivity contribution is 0.910. The van der Waals surface area contributed by atoms with Gasteiger partial charge in [0.2, 0.25) is 5.95 Å². The number of fused-ring (bicyclic) bond motifs is 1. The Kier molecular flexibility index (Phi) is 6.49. The summed E-state index contributed by atoms with van der Waals surface area (Å²) in [7, 11) is 4.10. The standard InChI is InChI=1S/C36H28N6/c1-41(28-18-10-5-11-19-28)36-37-31-24-27(22-23-32(31)42(36)2)29-20-12-13-21-30(29)35-39-33(25-14-6-3-7-15-25)38-34(40-35)26-16-8-4-9-17-26/h3-24H,1-2H3. The van der Waals surface area contributed by atoms with Gasteiger partial charge in [-0.3, -0.25) is 0 Å². The van der Waals surface area contributed by atoms with Crippen molar-refractivity contribution >= 4 is 22.7 Å². The summed E-state index contributed by atoms with van der Waals surface area (Å²) < 4.78 is 2.13. The first kappa shape index (κ1) is 25.4. The van der Waals surface area contributed by atoms with Gasteiger partial charge in [0.15, 0.2) is 17.5 Å². The Morgan fingerprint density at radius 1 is 0.500 bits per heavy atom. The summed E-state index contributed by atoms with van der Waals surface area (Å²) in [5.41, 5.74) is 7.98. The Hall–Kier alpha value is -5.62. The minimum Gasteiger partial charge on any atom is -0.315 e. The second-order valence-electron chi connectivity index (χ2n) is 10.2. The van der Waals surface area contributed by atoms with Crippen LogP contribution >= 0.6 is 0 Å². The van der Waals surface area contributed by atoms with E-state index >= 15 is 0 Å². The Morgan fingerprint density at radius 2 is 1.02 bits per heavy atom. The molecule has 7 rings (SSSR count). The largest absolute Gasteiger partial charge is 0.315 e. The number of aromatic nitrogens is 5. The van der Waals surface area contributed by atoms with Crippen molar-refractivity contribution in [2.24, 2.45) is 7.05 Å². The van der Waals surface area contributed by atoms with Gasteiger partial charge in [0.05, 0.1) is 11.0 Å². The number of anilines is 2. The Bertz CT molecular complexity index is 1940. The molecule has 5 aromatic carbocycles. The second-order valence-corrected chi connectivity index (χ2v) is 10.2. The van der Waals surface area contributed by atoms with Crippen LogP contribution in [-0.2, 0) is 7.05 Å². The molecular formula is C36H28N6. The van der Waals surface area contributed by atoms with Gasteiger partial charge in [-0.15, -0.1) is 0 Å². The summed E-state index contributed by atoms with van der Waals surface area (Å²) in [6.07, 6.45) is 0. The van der Waals surface area contributed by atoms with E-state index in [2.05, 4.69) is 59.0 Å². The summed E-state index contributed by atoms with van der Waals surface area (Å²) in [6.45, 7) is 0. The molecule has 0 saturated carbocycles. The number of hydrogen-bond acceptors (Lipinski definition) is 5. The third kappa shape index (κ3) is 4.69. The van der Waals surface area contributed by atoms with Gasteiger partial charge in [0, 0.05) is 36.5 Å². The predicted molar refractivity (Wildman–Crippen MR) is 170 cm³/mol. The minimum absolute atomic E-state index is 0.629. The van der Waals surface area contributed by atoms with Crippen LogP contribution in [0, 0.1) is 0 Å². The van der Waals surface area contributed by atoms with E-state index in [9.17, 15) is 0 Å². The van der Waals surface area contributed by atoms with Crippen molar-refractivity contribution in [1.29, 1.82) is 0 Å². The van der Waals surface area contributed by atoms with Gasteiger partial charge in [0.25, 0.3) is 0 Å². The van der Waals surface area contributed by atoms with Gasteiger partial charge >= 0.3 is 0 Å². The SMILES string of the molecule is CN(c1ccccc1)c1nc2cc(-c3ccccc3-c3nc(-c4ccccc4)nc(-c4ccccc4)n3)ccc2n1C. The number of imidazole rings is 1. The number of benzene rings is 5. The van der Waals surface area contributed by atoms with E-state index < -0.39 is 0 Å². The lowest BCUT2D eigenvalue weighted by Gasteiger charge is -2.18. The molecule has 0 aliphatic carbocycles. The van der Waals surface area contributed by atoms with Crippen molar-refractivity contribution in [2.45, 2.75) is 0 Å². The molecule has 6 heteroatoms. The minimum atomic E-state index is 0.629. The van der Waals surface area contributed by atoms with E-state index in [0.717, 1.165) is 50.5 Å². The fraction of sp³-hybridized carbons (Fsp3) is 0.0556. The molecule has 42 heavy (non-hydrogen) atoms. The van der Waals surface area contributed by atoms with Crippen molar-refractivity contribution in [3.05, 3.63) is 133 Å². The second kappa shape index (κ2) is 10.7. The predicted octanol–water partition coefficient (Wildman–Crippen LogP) is 8.19. The maximum atomic E-state index is 5.03. The molecule has 202 valence electrons. The van der Waals surface area contributed by atoms with E-state index in [4.69, 9.17) is 19.9 Å². The molecule has 0 atom stereocenters. The highest BCUT2D eigenvalue weighted by Crippen LogP contribution is 2.35. The van der Waals surface area contributed by atoms with Gasteiger partial charge in [0.1, 0.15) is 0 Å². The molecule has 0 aliphatic heterocycles. The third-order valence-corrected chi connectivity index (χ3v) is 7.48. The van der Waals surface area contributed by atoms with Crippen LogP contribution in [0.1, 0.15) is 0 Å². The molecule has 7 aromatic rings. The molecule has 2 aromatic heterocycles. The maximum absolute atomic E-state index is 5.03. The Morgan fingerprint density at radius 3 is 1.64 bits per heavy atom. The smallest absolute Gasteiger partial charge is 0.210 e. The topological polar surface area (TPSA) is 59.7 Å². The third-order valence-electron chi connectivity index (χ3n) is 7.48. The highest BCUT2D eigenvalue weighted by Gasteiger charge is 2.18. The fourth-order valence-corrected chi connectivity index (χ4v) is 5.28. The van der Waals surface area contributed by atoms with Crippen molar-refractivity contribution in [2.75, 3.05) is 11.9 Å². The van der Waals surface area contributed by atoms with Gasteiger partial charge in [-0.2, -0.15) is 0 Å². The van der Waals surface area contributed by atoms with Gasteiger partial charge in [-0.25, -0.2) is 19.9 Å². The zero-order valence-corrected chi connectivity index (χ0v) is 23.4. The van der Waals surface area contributed by atoms with Crippen LogP contribution in [0.25, 0.3) is 56.3 Å². The summed E-state index contributed by atoms with van der Waals surface area (Å²) in [4.78, 5) is 21.9. The number of para-hydroxylation sites is 1. The average Bonchev–Trinajstić information content (AvgIpc) is 3.40. The average molecular weight is 545 g/mol. The van der Waals surface area contributed by atoms with Crippen molar-refractivity contribution in [1.82, 2.24) is 24.5 Å². The lowest BCUT2D eigenvalue weighted by atomic mass is 9.98. The Labute approximate surface area is 244 Å². The van der Waals surface area contributed by atoms with Crippen LogP contribution in [0.4, 0.5) is 11.6 Å². The number of hydrogen-bond donors (Lipinski definition) is 0. The molecule has 2 heterocycles. The van der Waals surface area contributed by atoms with Crippen LogP contribution in [0.2, 0.25) is 0 Å². The van der Waals surface area contributed by atoms with E-state index in [-0.39, 0.29) is 0 Å². The molecular weight excluding hydrogens is 516 g/mol. The maximum Gasteiger partial charge on any atom is 0.210 e. The van der Waals surface area contributed by atoms with Gasteiger partial charge in [-0.05, 0) is 35.4 Å². The monoisotopic (exact) mass is 544 g/mol. The molecule has 6 nitrogen and oxygen atoms in total. The summed E-state index contributed by atoms with van der Waals surface area (Å²) in [5.74, 6) is 2.79. The van der Waals surface area contributed by atoms with Crippen molar-refractivity contribution in [3.8, 4) is 45.3 Å². The van der Waals surface area contributed by atoms with Crippen molar-refractivity contribution < 1.29 is 0 Å². The molecule has 0 aliphatic rings. The molecule has 0 amide bonds. The number of aryl methyl sites for hydroxylation is 1. The molecule has 0 unspecified atom stereocenters. The number of rotatable bonds is 6. The zero-order valence-electron chi connectivity index (χ0n) is 23.4. The summed E-state index contributed by atoms with van der Waals surface area (Å²) in [5, 5.41) is 0. The van der Waals surface area contributed by atoms with Crippen molar-refractivity contribution in [3.63, 3.8) is 0 Å². The highest BCUT2D eigenvalue weighted by molar-refractivity contribution is 5.89. The van der Waals surface area contributed by atoms with E-state index in [0.29, 0.717) is 17.5 Å². The van der Waals surface area contributed by atoms with Crippen LogP contribution in [0.3, 0.4) is 0 Å². The molecule has 0 spiro atoms. The van der Waals surface area contributed by atoms with E-state index in [1.165, 1.54) is 0 Å². The quantitative estimate of drug-likeness (QED) is 0.211.